The van der Waals surface area contributed by atoms with Crippen LogP contribution in [0.3, 0.4) is 0 Å². The Balaban J connectivity index is 1.41. The van der Waals surface area contributed by atoms with E-state index in [4.69, 9.17) is 0 Å². The van der Waals surface area contributed by atoms with Gasteiger partial charge in [-0.15, -0.1) is 0 Å². The normalized spacial score (nSPS) is 14.7. The Hall–Kier alpha value is -3.42. The van der Waals surface area contributed by atoms with Gasteiger partial charge in [-0.3, -0.25) is 0 Å². The molecule has 0 radical (unpaired) electrons. The SMILES string of the molecule is CCCC[Si](C)(C1=Cc2c(cccc2-c2cccc(C(C)(C)C)c2)C1)C1=Cc2c(cccc2-c2cccc(C(C)(C)C)c2)C1. The minimum atomic E-state index is -1.91. The first-order valence-electron chi connectivity index (χ1n) is 16.8. The van der Waals surface area contributed by atoms with Crippen molar-refractivity contribution in [3.63, 3.8) is 0 Å². The predicted octanol–water partition coefficient (Wildman–Crippen LogP) is 12.2. The topological polar surface area (TPSA) is 0 Å². The molecule has 0 aromatic heterocycles. The van der Waals surface area contributed by atoms with Crippen LogP contribution in [0.15, 0.2) is 95.3 Å². The molecular weight excluding hydrogens is 545 g/mol. The minimum absolute atomic E-state index is 0.136. The van der Waals surface area contributed by atoms with Crippen molar-refractivity contribution in [1.82, 2.24) is 0 Å². The molecule has 0 saturated carbocycles. The maximum atomic E-state index is 2.68. The zero-order valence-electron chi connectivity index (χ0n) is 28.3. The van der Waals surface area contributed by atoms with Crippen molar-refractivity contribution >= 4 is 20.2 Å². The highest BCUT2D eigenvalue weighted by Crippen LogP contribution is 2.46. The lowest BCUT2D eigenvalue weighted by molar-refractivity contribution is 0.590. The van der Waals surface area contributed by atoms with Crippen molar-refractivity contribution in [3.8, 4) is 22.3 Å². The first-order chi connectivity index (χ1) is 20.9. The van der Waals surface area contributed by atoms with E-state index in [1.807, 2.05) is 0 Å². The van der Waals surface area contributed by atoms with E-state index in [0.29, 0.717) is 0 Å². The molecule has 0 atom stereocenters. The Morgan fingerprint density at radius 2 is 1.02 bits per heavy atom. The van der Waals surface area contributed by atoms with E-state index < -0.39 is 8.07 Å². The number of benzene rings is 4. The first-order valence-corrected chi connectivity index (χ1v) is 19.5. The van der Waals surface area contributed by atoms with Crippen molar-refractivity contribution < 1.29 is 0 Å². The summed E-state index contributed by atoms with van der Waals surface area (Å²) in [6, 6.07) is 33.8. The third-order valence-electron chi connectivity index (χ3n) is 10.3. The summed E-state index contributed by atoms with van der Waals surface area (Å²) in [7, 11) is -1.91. The minimum Gasteiger partial charge on any atom is -0.0712 e. The number of rotatable bonds is 7. The Kier molecular flexibility index (Phi) is 7.99. The molecular formula is C43H50Si. The molecule has 4 aromatic carbocycles. The molecule has 44 heavy (non-hydrogen) atoms. The van der Waals surface area contributed by atoms with Crippen LogP contribution in [0.4, 0.5) is 0 Å². The van der Waals surface area contributed by atoms with E-state index in [1.165, 1.54) is 74.5 Å². The molecule has 0 fully saturated rings. The van der Waals surface area contributed by atoms with Gasteiger partial charge in [0.15, 0.2) is 0 Å². The highest BCUT2D eigenvalue weighted by Gasteiger charge is 2.39. The van der Waals surface area contributed by atoms with Crippen molar-refractivity contribution in [1.29, 1.82) is 0 Å². The number of hydrogen-bond acceptors (Lipinski definition) is 0. The largest absolute Gasteiger partial charge is 0.106 e. The van der Waals surface area contributed by atoms with Gasteiger partial charge in [-0.05, 0) is 79.3 Å². The molecule has 226 valence electrons. The molecule has 2 aliphatic carbocycles. The summed E-state index contributed by atoms with van der Waals surface area (Å²) < 4.78 is 0. The molecule has 0 spiro atoms. The lowest BCUT2D eigenvalue weighted by Crippen LogP contribution is -2.36. The lowest BCUT2D eigenvalue weighted by atomic mass is 9.85. The fourth-order valence-corrected chi connectivity index (χ4v) is 11.5. The average molecular weight is 595 g/mol. The fourth-order valence-electron chi connectivity index (χ4n) is 7.31. The summed E-state index contributed by atoms with van der Waals surface area (Å²) >= 11 is 0. The van der Waals surface area contributed by atoms with E-state index >= 15 is 0 Å². The highest BCUT2D eigenvalue weighted by atomic mass is 28.3. The van der Waals surface area contributed by atoms with Gasteiger partial charge >= 0.3 is 0 Å². The molecule has 0 nitrogen and oxygen atoms in total. The third kappa shape index (κ3) is 5.72. The maximum Gasteiger partial charge on any atom is 0.106 e. The molecule has 4 aromatic rings. The van der Waals surface area contributed by atoms with E-state index in [2.05, 4.69) is 152 Å². The number of allylic oxidation sites excluding steroid dienone is 2. The fraction of sp³-hybridized carbons (Fsp3) is 0.349. The number of unbranched alkanes of at least 4 members (excludes halogenated alkanes) is 1. The van der Waals surface area contributed by atoms with Crippen LogP contribution in [-0.4, -0.2) is 8.07 Å². The number of hydrogen-bond donors (Lipinski definition) is 0. The average Bonchev–Trinajstić information content (AvgIpc) is 3.65. The van der Waals surface area contributed by atoms with E-state index in [0.717, 1.165) is 12.8 Å². The van der Waals surface area contributed by atoms with Gasteiger partial charge in [0.25, 0.3) is 0 Å². The summed E-state index contributed by atoms with van der Waals surface area (Å²) in [5.74, 6) is 0. The Labute approximate surface area is 268 Å². The van der Waals surface area contributed by atoms with E-state index in [1.54, 1.807) is 10.4 Å². The third-order valence-corrected chi connectivity index (χ3v) is 15.1. The second kappa shape index (κ2) is 11.5. The van der Waals surface area contributed by atoms with Crippen molar-refractivity contribution in [3.05, 3.63) is 129 Å². The molecule has 0 heterocycles. The van der Waals surface area contributed by atoms with E-state index in [-0.39, 0.29) is 10.8 Å². The van der Waals surface area contributed by atoms with Gasteiger partial charge in [0, 0.05) is 0 Å². The van der Waals surface area contributed by atoms with E-state index in [9.17, 15) is 0 Å². The van der Waals surface area contributed by atoms with Crippen molar-refractivity contribution in [2.24, 2.45) is 0 Å². The van der Waals surface area contributed by atoms with Gasteiger partial charge in [-0.1, -0.05) is 181 Å². The van der Waals surface area contributed by atoms with Crippen molar-refractivity contribution in [2.75, 3.05) is 0 Å². The van der Waals surface area contributed by atoms with Crippen molar-refractivity contribution in [2.45, 2.75) is 97.6 Å². The lowest BCUT2D eigenvalue weighted by Gasteiger charge is -2.31. The number of fused-ring (bicyclic) bond motifs is 2. The molecule has 0 unspecified atom stereocenters. The summed E-state index contributed by atoms with van der Waals surface area (Å²) in [5.41, 5.74) is 14.5. The second-order valence-electron chi connectivity index (χ2n) is 15.5. The van der Waals surface area contributed by atoms with Crippen LogP contribution in [0, 0.1) is 0 Å². The predicted molar refractivity (Wildman–Crippen MR) is 196 cm³/mol. The molecule has 0 bridgehead atoms. The summed E-state index contributed by atoms with van der Waals surface area (Å²) in [4.78, 5) is 0. The zero-order chi connectivity index (χ0) is 31.3. The molecule has 6 rings (SSSR count). The molecule has 0 aliphatic heterocycles. The van der Waals surface area contributed by atoms with Crippen LogP contribution in [0.2, 0.25) is 12.6 Å². The first kappa shape index (κ1) is 30.6. The molecule has 1 heteroatoms. The van der Waals surface area contributed by atoms with Gasteiger partial charge in [-0.2, -0.15) is 0 Å². The summed E-state index contributed by atoms with van der Waals surface area (Å²) in [6.45, 7) is 18.9. The Morgan fingerprint density at radius 3 is 1.43 bits per heavy atom. The molecule has 0 saturated heterocycles. The molecule has 0 N–H and O–H groups in total. The van der Waals surface area contributed by atoms with Gasteiger partial charge in [0.05, 0.1) is 0 Å². The van der Waals surface area contributed by atoms with Gasteiger partial charge < -0.3 is 0 Å². The monoisotopic (exact) mass is 594 g/mol. The van der Waals surface area contributed by atoms with Crippen LogP contribution in [-0.2, 0) is 23.7 Å². The smallest absolute Gasteiger partial charge is 0.0712 e. The van der Waals surface area contributed by atoms with Crippen LogP contribution in [0.5, 0.6) is 0 Å². The summed E-state index contributed by atoms with van der Waals surface area (Å²) in [5, 5.41) is 3.44. The Bertz CT molecular complexity index is 1640. The zero-order valence-corrected chi connectivity index (χ0v) is 29.3. The molecule has 0 amide bonds. The highest BCUT2D eigenvalue weighted by molar-refractivity contribution is 6.93. The van der Waals surface area contributed by atoms with Crippen LogP contribution >= 0.6 is 0 Å². The second-order valence-corrected chi connectivity index (χ2v) is 20.0. The van der Waals surface area contributed by atoms with Crippen LogP contribution < -0.4 is 0 Å². The summed E-state index contributed by atoms with van der Waals surface area (Å²) in [6.07, 6.45) is 10.0. The quantitative estimate of drug-likeness (QED) is 0.187. The Morgan fingerprint density at radius 1 is 0.591 bits per heavy atom. The van der Waals surface area contributed by atoms with Gasteiger partial charge in [-0.25, -0.2) is 0 Å². The maximum absolute atomic E-state index is 2.68. The van der Waals surface area contributed by atoms with Crippen LogP contribution in [0.1, 0.15) is 94.7 Å². The molecule has 2 aliphatic rings. The van der Waals surface area contributed by atoms with Gasteiger partial charge in [0.1, 0.15) is 8.07 Å². The van der Waals surface area contributed by atoms with Crippen LogP contribution in [0.25, 0.3) is 34.4 Å². The standard InChI is InChI=1S/C43H50Si/c1-9-10-23-44(8,36-26-32-17-13-21-38(40(32)28-36)30-15-11-19-34(24-30)42(2,3)4)37-27-33-18-14-22-39(41(33)29-37)31-16-12-20-35(25-31)43(5,6)7/h11-22,24-25,28-29H,9-10,23,26-27H2,1-8H3. The van der Waals surface area contributed by atoms with Gasteiger partial charge in [0.2, 0.25) is 0 Å².